The van der Waals surface area contributed by atoms with Crippen LogP contribution in [0.3, 0.4) is 0 Å². The minimum atomic E-state index is -4.75. The predicted molar refractivity (Wildman–Crippen MR) is 161 cm³/mol. The number of hydrogen-bond acceptors (Lipinski definition) is 2. The third-order valence-electron chi connectivity index (χ3n) is 8.10. The fourth-order valence-corrected chi connectivity index (χ4v) is 6.50. The third-order valence-corrected chi connectivity index (χ3v) is 8.82. The first-order valence-electron chi connectivity index (χ1n) is 13.5. The quantitative estimate of drug-likeness (QED) is 0.194. The van der Waals surface area contributed by atoms with Crippen LogP contribution < -0.4 is 0 Å². The molecule has 0 saturated carbocycles. The predicted octanol–water partition coefficient (Wildman–Crippen LogP) is 10.0. The number of rotatable bonds is 6. The molecular weight excluding hydrogens is 623 g/mol. The Kier molecular flexibility index (Phi) is 8.52. The monoisotopic (exact) mass is 649 g/mol. The number of benzene rings is 3. The summed E-state index contributed by atoms with van der Waals surface area (Å²) in [4.78, 5) is 2.04. The van der Waals surface area contributed by atoms with Gasteiger partial charge in [-0.05, 0) is 60.9 Å². The van der Waals surface area contributed by atoms with Gasteiger partial charge in [-0.1, -0.05) is 96.0 Å². The molecule has 1 aliphatic rings. The maximum atomic E-state index is 14.1. The molecule has 1 heterocycles. The number of nitrogens with zero attached hydrogens (tertiary/aromatic N) is 3. The van der Waals surface area contributed by atoms with E-state index in [4.69, 9.17) is 23.2 Å². The highest BCUT2D eigenvalue weighted by molar-refractivity contribution is 6.40. The van der Waals surface area contributed by atoms with E-state index in [1.807, 2.05) is 79.5 Å². The maximum Gasteiger partial charge on any atom is 0.435 e. The van der Waals surface area contributed by atoms with E-state index in [0.717, 1.165) is 34.0 Å². The standard InChI is InChI=1S/C33H27Cl2F6N3/c1-31(43(2)30(20-10-6-4-7-11-20)21-12-8-5-9-13-21)17-16-23(26-19-27(33(39,40)41)42-44(26)3)29(35)28(31)22-14-15-25(34)24(18-22)32(36,37)38/h4-16,18-19,30H,17H2,1-3H3. The van der Waals surface area contributed by atoms with Crippen LogP contribution in [0.25, 0.3) is 11.1 Å². The molecule has 0 aliphatic heterocycles. The number of alkyl halides is 6. The second-order valence-electron chi connectivity index (χ2n) is 10.8. The highest BCUT2D eigenvalue weighted by atomic mass is 35.5. The second kappa shape index (κ2) is 11.8. The van der Waals surface area contributed by atoms with E-state index >= 15 is 0 Å². The van der Waals surface area contributed by atoms with Gasteiger partial charge in [-0.3, -0.25) is 9.58 Å². The van der Waals surface area contributed by atoms with Crippen LogP contribution in [0.4, 0.5) is 26.3 Å². The molecule has 1 atom stereocenters. The van der Waals surface area contributed by atoms with Crippen molar-refractivity contribution in [1.82, 2.24) is 14.7 Å². The first kappa shape index (κ1) is 31.9. The fourth-order valence-electron chi connectivity index (χ4n) is 5.79. The molecule has 1 aromatic heterocycles. The van der Waals surface area contributed by atoms with Crippen LogP contribution in [-0.4, -0.2) is 27.3 Å². The van der Waals surface area contributed by atoms with Gasteiger partial charge in [0.05, 0.1) is 27.4 Å². The highest BCUT2D eigenvalue weighted by Crippen LogP contribution is 2.51. The molecule has 0 amide bonds. The van der Waals surface area contributed by atoms with Gasteiger partial charge in [0, 0.05) is 18.2 Å². The van der Waals surface area contributed by atoms with Crippen molar-refractivity contribution in [3.63, 3.8) is 0 Å². The topological polar surface area (TPSA) is 21.1 Å². The van der Waals surface area contributed by atoms with Crippen LogP contribution in [0.15, 0.2) is 96.0 Å². The summed E-state index contributed by atoms with van der Waals surface area (Å²) in [6.07, 6.45) is -7.53. The Bertz CT molecular complexity index is 1690. The summed E-state index contributed by atoms with van der Waals surface area (Å²) in [6, 6.07) is 23.3. The first-order chi connectivity index (χ1) is 20.6. The van der Waals surface area contributed by atoms with Crippen molar-refractivity contribution in [3.05, 3.63) is 135 Å². The van der Waals surface area contributed by atoms with Crippen molar-refractivity contribution in [1.29, 1.82) is 0 Å². The number of halogens is 8. The molecule has 1 unspecified atom stereocenters. The van der Waals surface area contributed by atoms with Crippen molar-refractivity contribution < 1.29 is 26.3 Å². The second-order valence-corrected chi connectivity index (χ2v) is 11.6. The lowest BCUT2D eigenvalue weighted by molar-refractivity contribution is -0.141. The normalized spacial score (nSPS) is 17.9. The fraction of sp³-hybridized carbons (Fsp3) is 0.242. The molecule has 4 aromatic rings. The number of hydrogen-bond donors (Lipinski definition) is 0. The molecule has 0 saturated heterocycles. The molecular formula is C33H27Cl2F6N3. The van der Waals surface area contributed by atoms with Gasteiger partial charge >= 0.3 is 12.4 Å². The van der Waals surface area contributed by atoms with Crippen molar-refractivity contribution in [3.8, 4) is 0 Å². The van der Waals surface area contributed by atoms with Gasteiger partial charge in [0.1, 0.15) is 0 Å². The molecule has 0 bridgehead atoms. The molecule has 5 rings (SSSR count). The minimum absolute atomic E-state index is 0.0117. The summed E-state index contributed by atoms with van der Waals surface area (Å²) in [5, 5.41) is 3.15. The summed E-state index contributed by atoms with van der Waals surface area (Å²) in [5.74, 6) is 0. The molecule has 0 spiro atoms. The van der Waals surface area contributed by atoms with Crippen molar-refractivity contribution in [2.24, 2.45) is 7.05 Å². The van der Waals surface area contributed by atoms with Gasteiger partial charge in [-0.25, -0.2) is 0 Å². The maximum absolute atomic E-state index is 14.1. The Morgan fingerprint density at radius 3 is 1.91 bits per heavy atom. The number of allylic oxidation sites excluding steroid dienone is 2. The Hall–Kier alpha value is -3.53. The molecule has 0 radical (unpaired) electrons. The Balaban J connectivity index is 1.75. The van der Waals surface area contributed by atoms with E-state index < -0.39 is 34.2 Å². The van der Waals surface area contributed by atoms with E-state index in [-0.39, 0.29) is 34.3 Å². The number of likely N-dealkylation sites (N-methyl/N-ethyl adjacent to an activating group) is 1. The van der Waals surface area contributed by atoms with E-state index in [9.17, 15) is 26.3 Å². The molecule has 0 N–H and O–H groups in total. The average molecular weight is 650 g/mol. The zero-order chi connectivity index (χ0) is 32.0. The van der Waals surface area contributed by atoms with Gasteiger partial charge < -0.3 is 0 Å². The molecule has 11 heteroatoms. The molecule has 3 nitrogen and oxygen atoms in total. The van der Waals surface area contributed by atoms with Crippen molar-refractivity contribution >= 4 is 34.3 Å². The number of aromatic nitrogens is 2. The Morgan fingerprint density at radius 1 is 0.841 bits per heavy atom. The average Bonchev–Trinajstić information content (AvgIpc) is 3.36. The van der Waals surface area contributed by atoms with Crippen molar-refractivity contribution in [2.75, 3.05) is 7.05 Å². The first-order valence-corrected chi connectivity index (χ1v) is 14.3. The van der Waals surface area contributed by atoms with E-state index in [2.05, 4.69) is 5.10 Å². The lowest BCUT2D eigenvalue weighted by Crippen LogP contribution is -2.48. The van der Waals surface area contributed by atoms with Crippen LogP contribution in [0.5, 0.6) is 0 Å². The van der Waals surface area contributed by atoms with Gasteiger partial charge in [-0.15, -0.1) is 0 Å². The van der Waals surface area contributed by atoms with Gasteiger partial charge in [0.2, 0.25) is 0 Å². The van der Waals surface area contributed by atoms with Crippen LogP contribution >= 0.6 is 23.2 Å². The smallest absolute Gasteiger partial charge is 0.285 e. The van der Waals surface area contributed by atoms with Gasteiger partial charge in [0.15, 0.2) is 5.69 Å². The number of aryl methyl sites for hydroxylation is 1. The SMILES string of the molecule is CN(C(c1ccccc1)c1ccccc1)C1(C)CC=C(c2cc(C(F)(F)F)nn2C)C(Cl)=C1c1ccc(Cl)c(C(F)(F)F)c1. The third kappa shape index (κ3) is 5.93. The van der Waals surface area contributed by atoms with Crippen LogP contribution in [0.2, 0.25) is 5.02 Å². The molecule has 0 fully saturated rings. The summed E-state index contributed by atoms with van der Waals surface area (Å²) < 4.78 is 83.9. The van der Waals surface area contributed by atoms with Crippen LogP contribution in [-0.2, 0) is 19.4 Å². The Labute approximate surface area is 261 Å². The van der Waals surface area contributed by atoms with E-state index in [1.54, 1.807) is 6.08 Å². The molecule has 44 heavy (non-hydrogen) atoms. The van der Waals surface area contributed by atoms with Gasteiger partial charge in [-0.2, -0.15) is 31.4 Å². The highest BCUT2D eigenvalue weighted by Gasteiger charge is 2.44. The Morgan fingerprint density at radius 2 is 1.41 bits per heavy atom. The summed E-state index contributed by atoms with van der Waals surface area (Å²) in [6.45, 7) is 1.86. The van der Waals surface area contributed by atoms with E-state index in [0.29, 0.717) is 5.57 Å². The molecule has 1 aliphatic carbocycles. The summed E-state index contributed by atoms with van der Waals surface area (Å²) in [5.41, 5.74) is -0.558. The lowest BCUT2D eigenvalue weighted by Gasteiger charge is -2.47. The van der Waals surface area contributed by atoms with E-state index in [1.165, 1.54) is 13.1 Å². The molecule has 230 valence electrons. The molecule has 3 aromatic carbocycles. The van der Waals surface area contributed by atoms with Gasteiger partial charge in [0.25, 0.3) is 0 Å². The van der Waals surface area contributed by atoms with Crippen LogP contribution in [0, 0.1) is 0 Å². The zero-order valence-corrected chi connectivity index (χ0v) is 25.3. The van der Waals surface area contributed by atoms with Crippen molar-refractivity contribution in [2.45, 2.75) is 37.3 Å². The largest absolute Gasteiger partial charge is 0.435 e. The summed E-state index contributed by atoms with van der Waals surface area (Å²) in [7, 11) is 3.22. The van der Waals surface area contributed by atoms with Crippen LogP contribution in [0.1, 0.15) is 53.0 Å². The lowest BCUT2D eigenvalue weighted by atomic mass is 9.75. The summed E-state index contributed by atoms with van der Waals surface area (Å²) >= 11 is 13.1. The zero-order valence-electron chi connectivity index (χ0n) is 23.8. The minimum Gasteiger partial charge on any atom is -0.285 e.